The van der Waals surface area contributed by atoms with Crippen molar-refractivity contribution >= 4 is 5.97 Å². The van der Waals surface area contributed by atoms with Crippen LogP contribution in [-0.4, -0.2) is 23.6 Å². The van der Waals surface area contributed by atoms with Crippen LogP contribution < -0.4 is 5.73 Å². The predicted molar refractivity (Wildman–Crippen MR) is 61.8 cm³/mol. The van der Waals surface area contributed by atoms with Crippen molar-refractivity contribution < 1.29 is 9.53 Å². The number of aromatic nitrogens is 1. The third-order valence-corrected chi connectivity index (χ3v) is 2.25. The highest BCUT2D eigenvalue weighted by atomic mass is 16.5. The second-order valence-corrected chi connectivity index (χ2v) is 3.69. The van der Waals surface area contributed by atoms with Crippen LogP contribution in [0.2, 0.25) is 0 Å². The fourth-order valence-electron chi connectivity index (χ4n) is 1.28. The summed E-state index contributed by atoms with van der Waals surface area (Å²) >= 11 is 0. The van der Waals surface area contributed by atoms with Crippen LogP contribution in [0.25, 0.3) is 0 Å². The molecule has 0 unspecified atom stereocenters. The highest BCUT2D eigenvalue weighted by molar-refractivity contribution is 5.75. The lowest BCUT2D eigenvalue weighted by Gasteiger charge is -2.11. The van der Waals surface area contributed by atoms with Gasteiger partial charge in [-0.05, 0) is 30.5 Å². The Kier molecular flexibility index (Phi) is 5.50. The highest BCUT2D eigenvalue weighted by Gasteiger charge is 2.15. The Hall–Kier alpha value is -1.42. The van der Waals surface area contributed by atoms with Crippen LogP contribution in [0.3, 0.4) is 0 Å². The Morgan fingerprint density at radius 3 is 2.81 bits per heavy atom. The van der Waals surface area contributed by atoms with E-state index in [4.69, 9.17) is 10.5 Å². The average molecular weight is 222 g/mol. The monoisotopic (exact) mass is 222 g/mol. The number of nitrogens with two attached hydrogens (primary N) is 1. The van der Waals surface area contributed by atoms with E-state index < -0.39 is 6.04 Å². The molecule has 0 aliphatic carbocycles. The van der Waals surface area contributed by atoms with Crippen LogP contribution in [0.15, 0.2) is 24.5 Å². The van der Waals surface area contributed by atoms with Crippen molar-refractivity contribution in [2.75, 3.05) is 6.61 Å². The molecule has 88 valence electrons. The molecule has 4 nitrogen and oxygen atoms in total. The molecule has 1 rings (SSSR count). The van der Waals surface area contributed by atoms with E-state index in [1.807, 2.05) is 19.1 Å². The highest BCUT2D eigenvalue weighted by Crippen LogP contribution is 2.02. The van der Waals surface area contributed by atoms with E-state index >= 15 is 0 Å². The van der Waals surface area contributed by atoms with Gasteiger partial charge in [0.1, 0.15) is 6.04 Å². The summed E-state index contributed by atoms with van der Waals surface area (Å²) in [6.45, 7) is 2.50. The third-order valence-electron chi connectivity index (χ3n) is 2.25. The number of hydrogen-bond acceptors (Lipinski definition) is 4. The largest absolute Gasteiger partial charge is 0.465 e. The third kappa shape index (κ3) is 4.40. The number of ether oxygens (including phenoxy) is 1. The van der Waals surface area contributed by atoms with Crippen molar-refractivity contribution in [3.8, 4) is 0 Å². The van der Waals surface area contributed by atoms with Gasteiger partial charge in [0.05, 0.1) is 6.61 Å². The first-order valence-electron chi connectivity index (χ1n) is 5.55. The number of rotatable bonds is 6. The van der Waals surface area contributed by atoms with Gasteiger partial charge in [-0.15, -0.1) is 0 Å². The molecule has 0 radical (unpaired) electrons. The number of pyridine rings is 1. The van der Waals surface area contributed by atoms with Crippen molar-refractivity contribution in [2.45, 2.75) is 32.2 Å². The summed E-state index contributed by atoms with van der Waals surface area (Å²) in [4.78, 5) is 15.4. The number of unbranched alkanes of at least 4 members (excludes halogenated alkanes) is 1. The van der Waals surface area contributed by atoms with Crippen LogP contribution >= 0.6 is 0 Å². The lowest BCUT2D eigenvalue weighted by molar-refractivity contribution is -0.145. The molecule has 1 heterocycles. The molecule has 4 heteroatoms. The van der Waals surface area contributed by atoms with E-state index in [-0.39, 0.29) is 5.97 Å². The van der Waals surface area contributed by atoms with Gasteiger partial charge in [-0.3, -0.25) is 9.78 Å². The van der Waals surface area contributed by atoms with Gasteiger partial charge in [-0.1, -0.05) is 13.3 Å². The van der Waals surface area contributed by atoms with Gasteiger partial charge >= 0.3 is 5.97 Å². The Balaban J connectivity index is 2.34. The summed E-state index contributed by atoms with van der Waals surface area (Å²) in [6, 6.07) is 3.11. The number of esters is 1. The Morgan fingerprint density at radius 1 is 1.50 bits per heavy atom. The summed E-state index contributed by atoms with van der Waals surface area (Å²) in [5.74, 6) is -0.328. The first-order chi connectivity index (χ1) is 7.74. The molecule has 0 spiro atoms. The van der Waals surface area contributed by atoms with E-state index in [2.05, 4.69) is 4.98 Å². The Labute approximate surface area is 95.8 Å². The number of carbonyl (C=O) groups excluding carboxylic acids is 1. The Morgan fingerprint density at radius 2 is 2.19 bits per heavy atom. The zero-order valence-corrected chi connectivity index (χ0v) is 9.56. The average Bonchev–Trinajstić information content (AvgIpc) is 2.30. The molecule has 0 fully saturated rings. The topological polar surface area (TPSA) is 65.2 Å². The summed E-state index contributed by atoms with van der Waals surface area (Å²) in [7, 11) is 0. The van der Waals surface area contributed by atoms with Crippen LogP contribution in [0.1, 0.15) is 25.3 Å². The number of nitrogens with zero attached hydrogens (tertiary/aromatic N) is 1. The van der Waals surface area contributed by atoms with Crippen molar-refractivity contribution in [1.29, 1.82) is 0 Å². The molecular formula is C12H18N2O2. The number of hydrogen-bond donors (Lipinski definition) is 1. The second kappa shape index (κ2) is 6.95. The van der Waals surface area contributed by atoms with Crippen molar-refractivity contribution in [1.82, 2.24) is 4.98 Å². The lowest BCUT2D eigenvalue weighted by atomic mass is 10.1. The summed E-state index contributed by atoms with van der Waals surface area (Å²) in [5, 5.41) is 0. The molecular weight excluding hydrogens is 204 g/mol. The minimum Gasteiger partial charge on any atom is -0.465 e. The van der Waals surface area contributed by atoms with E-state index in [9.17, 15) is 4.79 Å². The fraction of sp³-hybridized carbons (Fsp3) is 0.500. The van der Waals surface area contributed by atoms with Gasteiger partial charge < -0.3 is 10.5 Å². The van der Waals surface area contributed by atoms with Gasteiger partial charge in [0.25, 0.3) is 0 Å². The van der Waals surface area contributed by atoms with Crippen LogP contribution in [0, 0.1) is 0 Å². The minimum absolute atomic E-state index is 0.328. The maximum Gasteiger partial charge on any atom is 0.323 e. The van der Waals surface area contributed by atoms with E-state index in [0.29, 0.717) is 13.0 Å². The summed E-state index contributed by atoms with van der Waals surface area (Å²) in [6.07, 6.45) is 5.75. The minimum atomic E-state index is -0.584. The summed E-state index contributed by atoms with van der Waals surface area (Å²) < 4.78 is 5.04. The molecule has 0 saturated carbocycles. The van der Waals surface area contributed by atoms with Gasteiger partial charge in [0.15, 0.2) is 0 Å². The van der Waals surface area contributed by atoms with E-state index in [0.717, 1.165) is 18.4 Å². The summed E-state index contributed by atoms with van der Waals surface area (Å²) in [5.41, 5.74) is 6.73. The maximum absolute atomic E-state index is 11.5. The zero-order valence-electron chi connectivity index (χ0n) is 9.56. The molecule has 1 atom stereocenters. The van der Waals surface area contributed by atoms with E-state index in [1.54, 1.807) is 12.4 Å². The molecule has 0 aliphatic rings. The molecule has 0 amide bonds. The molecule has 0 aromatic carbocycles. The number of carbonyl (C=O) groups is 1. The van der Waals surface area contributed by atoms with Gasteiger partial charge in [0.2, 0.25) is 0 Å². The lowest BCUT2D eigenvalue weighted by Crippen LogP contribution is -2.34. The standard InChI is InChI=1S/C12H18N2O2/c1-2-3-8-16-12(15)11(13)9-10-4-6-14-7-5-10/h4-7,11H,2-3,8-9,13H2,1H3/t11-/m0/s1. The van der Waals surface area contributed by atoms with Crippen LogP contribution in [0.5, 0.6) is 0 Å². The van der Waals surface area contributed by atoms with Crippen LogP contribution in [-0.2, 0) is 16.0 Å². The molecule has 1 aromatic heterocycles. The van der Waals surface area contributed by atoms with Gasteiger partial charge in [-0.2, -0.15) is 0 Å². The Bertz CT molecular complexity index is 314. The molecule has 0 saturated heterocycles. The van der Waals surface area contributed by atoms with Gasteiger partial charge in [-0.25, -0.2) is 0 Å². The van der Waals surface area contributed by atoms with Gasteiger partial charge in [0, 0.05) is 12.4 Å². The normalized spacial score (nSPS) is 12.1. The maximum atomic E-state index is 11.5. The smallest absolute Gasteiger partial charge is 0.323 e. The fourth-order valence-corrected chi connectivity index (χ4v) is 1.28. The SMILES string of the molecule is CCCCOC(=O)[C@@H](N)Cc1ccncc1. The van der Waals surface area contributed by atoms with Crippen molar-refractivity contribution in [2.24, 2.45) is 5.73 Å². The van der Waals surface area contributed by atoms with Crippen molar-refractivity contribution in [3.05, 3.63) is 30.1 Å². The first-order valence-corrected chi connectivity index (χ1v) is 5.55. The zero-order chi connectivity index (χ0) is 11.8. The van der Waals surface area contributed by atoms with Crippen LogP contribution in [0.4, 0.5) is 0 Å². The quantitative estimate of drug-likeness (QED) is 0.582. The second-order valence-electron chi connectivity index (χ2n) is 3.69. The van der Waals surface area contributed by atoms with E-state index in [1.165, 1.54) is 0 Å². The molecule has 1 aromatic rings. The van der Waals surface area contributed by atoms with Crippen molar-refractivity contribution in [3.63, 3.8) is 0 Å². The molecule has 0 bridgehead atoms. The molecule has 16 heavy (non-hydrogen) atoms. The first kappa shape index (κ1) is 12.6. The molecule has 0 aliphatic heterocycles. The molecule has 2 N–H and O–H groups in total. The predicted octanol–water partition coefficient (Wildman–Crippen LogP) is 1.29.